The number of nitrogens with one attached hydrogen (secondary N) is 1. The van der Waals surface area contributed by atoms with Gasteiger partial charge in [0.1, 0.15) is 5.75 Å². The molecule has 9 heteroatoms. The highest BCUT2D eigenvalue weighted by molar-refractivity contribution is 7.92. The number of aliphatic hydroxyl groups is 1. The van der Waals surface area contributed by atoms with Crippen LogP contribution in [-0.4, -0.2) is 79.7 Å². The van der Waals surface area contributed by atoms with Gasteiger partial charge in [0.25, 0.3) is 0 Å². The van der Waals surface area contributed by atoms with E-state index >= 15 is 0 Å². The summed E-state index contributed by atoms with van der Waals surface area (Å²) in [5.41, 5.74) is 0.932. The number of sulfone groups is 1. The van der Waals surface area contributed by atoms with Crippen LogP contribution in [0.3, 0.4) is 0 Å². The summed E-state index contributed by atoms with van der Waals surface area (Å²) in [4.78, 5) is 29.2. The number of nitrogens with zero attached hydrogens (tertiary/aromatic N) is 2. The third-order valence-electron chi connectivity index (χ3n) is 7.11. The Balaban J connectivity index is 1.49. The molecule has 2 atom stereocenters. The number of carbonyl (C=O) groups is 2. The number of carbonyl (C=O) groups excluding carboxylic acids is 2. The van der Waals surface area contributed by atoms with Crippen LogP contribution in [0.4, 0.5) is 5.69 Å². The maximum absolute atomic E-state index is 13.2. The van der Waals surface area contributed by atoms with E-state index in [1.165, 1.54) is 25.3 Å². The Morgan fingerprint density at radius 2 is 2.00 bits per heavy atom. The lowest BCUT2D eigenvalue weighted by atomic mass is 9.83. The molecule has 0 bridgehead atoms. The summed E-state index contributed by atoms with van der Waals surface area (Å²) in [5.74, 6) is -0.674. The zero-order valence-electron chi connectivity index (χ0n) is 18.6. The number of β-amino-alcohol motifs (C(OH)–C–C–N with tert-alkyl or cyclic N) is 1. The van der Waals surface area contributed by atoms with E-state index in [4.69, 9.17) is 0 Å². The lowest BCUT2D eigenvalue weighted by Crippen LogP contribution is -2.49. The molecular formula is C23H33N3O5S. The van der Waals surface area contributed by atoms with Crippen LogP contribution in [0.1, 0.15) is 44.1 Å². The number of amides is 2. The zero-order valence-corrected chi connectivity index (χ0v) is 19.4. The standard InChI is InChI=1S/C23H33N3O5S/c1-25(20(17-5-3-2-4-6-17)14-26-10-9-18(27)13-26)23(29)12-16-7-8-21-19(11-16)24-22(28)15-32(21,30)31/h7-8,11,17-18,20,27H,2-6,9-10,12-15H2,1H3,(H,24,28)/t18-,20?/m0/s1. The highest BCUT2D eigenvalue weighted by Gasteiger charge is 2.33. The Labute approximate surface area is 189 Å². The molecule has 4 rings (SSSR count). The van der Waals surface area contributed by atoms with E-state index in [1.807, 2.05) is 11.9 Å². The SMILES string of the molecule is CN(C(=O)Cc1ccc2c(c1)NC(=O)CS2(=O)=O)C(CN1CC[C@H](O)C1)C1CCCCC1. The first-order chi connectivity index (χ1) is 15.2. The molecule has 0 spiro atoms. The second-order valence-electron chi connectivity index (χ2n) is 9.49. The summed E-state index contributed by atoms with van der Waals surface area (Å²) in [6.45, 7) is 2.28. The van der Waals surface area contributed by atoms with Crippen molar-refractivity contribution < 1.29 is 23.1 Å². The van der Waals surface area contributed by atoms with E-state index in [9.17, 15) is 23.1 Å². The first-order valence-electron chi connectivity index (χ1n) is 11.5. The predicted octanol–water partition coefficient (Wildman–Crippen LogP) is 1.43. The molecule has 3 aliphatic rings. The molecule has 1 saturated heterocycles. The smallest absolute Gasteiger partial charge is 0.239 e. The molecule has 1 unspecified atom stereocenters. The normalized spacial score (nSPS) is 24.6. The lowest BCUT2D eigenvalue weighted by molar-refractivity contribution is -0.133. The molecule has 2 N–H and O–H groups in total. The molecule has 1 saturated carbocycles. The second kappa shape index (κ2) is 9.49. The van der Waals surface area contributed by atoms with Crippen molar-refractivity contribution >= 4 is 27.3 Å². The van der Waals surface area contributed by atoms with Gasteiger partial charge in [-0.1, -0.05) is 25.3 Å². The summed E-state index contributed by atoms with van der Waals surface area (Å²) < 4.78 is 24.4. The van der Waals surface area contributed by atoms with E-state index in [0.717, 1.165) is 32.4 Å². The molecule has 1 aliphatic carbocycles. The van der Waals surface area contributed by atoms with Gasteiger partial charge in [-0.25, -0.2) is 8.42 Å². The summed E-state index contributed by atoms with van der Waals surface area (Å²) in [5, 5.41) is 12.5. The van der Waals surface area contributed by atoms with Gasteiger partial charge in [0.05, 0.1) is 23.1 Å². The van der Waals surface area contributed by atoms with Gasteiger partial charge in [0.15, 0.2) is 9.84 Å². The van der Waals surface area contributed by atoms with Crippen molar-refractivity contribution in [3.05, 3.63) is 23.8 Å². The summed E-state index contributed by atoms with van der Waals surface area (Å²) in [7, 11) is -1.77. The Bertz CT molecular complexity index is 974. The quantitative estimate of drug-likeness (QED) is 0.661. The minimum absolute atomic E-state index is 0.0229. The summed E-state index contributed by atoms with van der Waals surface area (Å²) in [6, 6.07) is 4.83. The van der Waals surface area contributed by atoms with E-state index in [0.29, 0.717) is 18.0 Å². The van der Waals surface area contributed by atoms with E-state index < -0.39 is 21.5 Å². The van der Waals surface area contributed by atoms with Crippen molar-refractivity contribution in [2.24, 2.45) is 5.92 Å². The van der Waals surface area contributed by atoms with Gasteiger partial charge in [-0.2, -0.15) is 0 Å². The van der Waals surface area contributed by atoms with Gasteiger partial charge < -0.3 is 15.3 Å². The maximum Gasteiger partial charge on any atom is 0.239 e. The Morgan fingerprint density at radius 3 is 2.69 bits per heavy atom. The molecule has 0 aromatic heterocycles. The second-order valence-corrected chi connectivity index (χ2v) is 11.4. The zero-order chi connectivity index (χ0) is 22.9. The highest BCUT2D eigenvalue weighted by Crippen LogP contribution is 2.31. The fourth-order valence-corrected chi connectivity index (χ4v) is 6.62. The van der Waals surface area contributed by atoms with Crippen LogP contribution < -0.4 is 5.32 Å². The number of hydrogen-bond donors (Lipinski definition) is 2. The van der Waals surface area contributed by atoms with Crippen LogP contribution in [0.2, 0.25) is 0 Å². The third-order valence-corrected chi connectivity index (χ3v) is 8.78. The predicted molar refractivity (Wildman–Crippen MR) is 121 cm³/mol. The molecule has 2 aliphatic heterocycles. The van der Waals surface area contributed by atoms with Crippen LogP contribution >= 0.6 is 0 Å². The van der Waals surface area contributed by atoms with Crippen molar-refractivity contribution in [3.63, 3.8) is 0 Å². The van der Waals surface area contributed by atoms with Gasteiger partial charge >= 0.3 is 0 Å². The van der Waals surface area contributed by atoms with Crippen molar-refractivity contribution in [2.45, 2.75) is 62.0 Å². The average Bonchev–Trinajstić information content (AvgIpc) is 3.16. The molecule has 32 heavy (non-hydrogen) atoms. The monoisotopic (exact) mass is 463 g/mol. The molecule has 2 fully saturated rings. The fraction of sp³-hybridized carbons (Fsp3) is 0.652. The van der Waals surface area contributed by atoms with Gasteiger partial charge in [-0.05, 0) is 42.9 Å². The average molecular weight is 464 g/mol. The lowest BCUT2D eigenvalue weighted by Gasteiger charge is -2.39. The van der Waals surface area contributed by atoms with Crippen LogP contribution in [0.25, 0.3) is 0 Å². The molecular weight excluding hydrogens is 430 g/mol. The van der Waals surface area contributed by atoms with Crippen molar-refractivity contribution in [3.8, 4) is 0 Å². The van der Waals surface area contributed by atoms with Gasteiger partial charge in [0.2, 0.25) is 11.8 Å². The molecule has 2 amide bonds. The minimum Gasteiger partial charge on any atom is -0.392 e. The molecule has 2 heterocycles. The fourth-order valence-electron chi connectivity index (χ4n) is 5.33. The number of likely N-dealkylation sites (tertiary alicyclic amines) is 1. The molecule has 1 aromatic rings. The highest BCUT2D eigenvalue weighted by atomic mass is 32.2. The Morgan fingerprint density at radius 1 is 1.25 bits per heavy atom. The number of fused-ring (bicyclic) bond motifs is 1. The van der Waals surface area contributed by atoms with E-state index in [2.05, 4.69) is 10.2 Å². The molecule has 0 radical (unpaired) electrons. The van der Waals surface area contributed by atoms with Crippen molar-refractivity contribution in [2.75, 3.05) is 37.8 Å². The Kier molecular flexibility index (Phi) is 6.88. The van der Waals surface area contributed by atoms with Crippen LogP contribution in [-0.2, 0) is 25.8 Å². The number of anilines is 1. The van der Waals surface area contributed by atoms with Gasteiger partial charge in [-0.15, -0.1) is 0 Å². The number of benzene rings is 1. The minimum atomic E-state index is -3.63. The molecule has 176 valence electrons. The topological polar surface area (TPSA) is 107 Å². The number of hydrogen-bond acceptors (Lipinski definition) is 6. The number of likely N-dealkylation sites (N-methyl/N-ethyl adjacent to an activating group) is 1. The largest absolute Gasteiger partial charge is 0.392 e. The number of rotatable bonds is 6. The van der Waals surface area contributed by atoms with E-state index in [1.54, 1.807) is 12.1 Å². The first-order valence-corrected chi connectivity index (χ1v) is 13.2. The van der Waals surface area contributed by atoms with Gasteiger partial charge in [0, 0.05) is 32.7 Å². The Hall–Kier alpha value is -1.97. The van der Waals surface area contributed by atoms with Gasteiger partial charge in [-0.3, -0.25) is 14.5 Å². The molecule has 1 aromatic carbocycles. The molecule has 8 nitrogen and oxygen atoms in total. The summed E-state index contributed by atoms with van der Waals surface area (Å²) >= 11 is 0. The van der Waals surface area contributed by atoms with Crippen molar-refractivity contribution in [1.82, 2.24) is 9.80 Å². The number of aliphatic hydroxyl groups excluding tert-OH is 1. The van der Waals surface area contributed by atoms with Crippen LogP contribution in [0.5, 0.6) is 0 Å². The van der Waals surface area contributed by atoms with Crippen LogP contribution in [0.15, 0.2) is 23.1 Å². The summed E-state index contributed by atoms with van der Waals surface area (Å²) in [6.07, 6.45) is 6.47. The van der Waals surface area contributed by atoms with E-state index in [-0.39, 0.29) is 35.1 Å². The first kappa shape index (κ1) is 23.2. The third kappa shape index (κ3) is 5.15. The maximum atomic E-state index is 13.2. The van der Waals surface area contributed by atoms with Crippen LogP contribution in [0, 0.1) is 5.92 Å². The van der Waals surface area contributed by atoms with Crippen molar-refractivity contribution in [1.29, 1.82) is 0 Å².